The number of benzene rings is 1. The van der Waals surface area contributed by atoms with E-state index in [-0.39, 0.29) is 17.9 Å². The number of carbonyl (C=O) groups is 2. The van der Waals surface area contributed by atoms with Crippen LogP contribution in [0.4, 0.5) is 18.0 Å². The molecule has 0 aliphatic rings. The Kier molecular flexibility index (Phi) is 7.53. The van der Waals surface area contributed by atoms with Crippen molar-refractivity contribution in [3.8, 4) is 5.75 Å². The molecule has 0 radical (unpaired) electrons. The van der Waals surface area contributed by atoms with Gasteiger partial charge in [-0.2, -0.15) is 0 Å². The molecule has 0 spiro atoms. The molecule has 25 heavy (non-hydrogen) atoms. The molecule has 1 aromatic rings. The molecule has 0 fully saturated rings. The number of primary amides is 1. The summed E-state index contributed by atoms with van der Waals surface area (Å²) in [5.74, 6) is -0.809. The van der Waals surface area contributed by atoms with Crippen LogP contribution in [0.1, 0.15) is 31.7 Å². The lowest BCUT2D eigenvalue weighted by Crippen LogP contribution is -2.48. The summed E-state index contributed by atoms with van der Waals surface area (Å²) < 4.78 is 41.4. The summed E-state index contributed by atoms with van der Waals surface area (Å²) in [6.07, 6.45) is -2.92. The van der Waals surface area contributed by atoms with E-state index >= 15 is 0 Å². The first-order valence-corrected chi connectivity index (χ1v) is 7.78. The molecule has 0 aliphatic heterocycles. The highest BCUT2D eigenvalue weighted by molar-refractivity contribution is 5.86. The van der Waals surface area contributed by atoms with Gasteiger partial charge >= 0.3 is 12.4 Å². The van der Waals surface area contributed by atoms with Crippen molar-refractivity contribution in [2.24, 2.45) is 5.73 Å². The van der Waals surface area contributed by atoms with Crippen LogP contribution in [-0.2, 0) is 11.3 Å². The predicted molar refractivity (Wildman–Crippen MR) is 85.6 cm³/mol. The van der Waals surface area contributed by atoms with E-state index in [0.717, 1.165) is 6.42 Å². The van der Waals surface area contributed by atoms with Gasteiger partial charge in [0.1, 0.15) is 11.8 Å². The Balaban J connectivity index is 2.87. The highest BCUT2D eigenvalue weighted by atomic mass is 19.4. The number of nitrogens with one attached hydrogen (secondary N) is 1. The van der Waals surface area contributed by atoms with Gasteiger partial charge in [0, 0.05) is 19.2 Å². The number of ether oxygens (including phenoxy) is 1. The predicted octanol–water partition coefficient (Wildman–Crippen LogP) is 2.77. The van der Waals surface area contributed by atoms with Crippen molar-refractivity contribution in [1.29, 1.82) is 0 Å². The number of alkyl halides is 3. The monoisotopic (exact) mass is 361 g/mol. The van der Waals surface area contributed by atoms with Crippen molar-refractivity contribution in [3.63, 3.8) is 0 Å². The SMILES string of the molecule is CCCCC(NC(N)=O)C(=O)N(C)Cc1ccccc1OC(F)(F)F. The lowest BCUT2D eigenvalue weighted by Gasteiger charge is -2.25. The molecular weight excluding hydrogens is 339 g/mol. The van der Waals surface area contributed by atoms with Crippen LogP contribution >= 0.6 is 0 Å². The maximum atomic E-state index is 12.5. The molecule has 0 bridgehead atoms. The first-order valence-electron chi connectivity index (χ1n) is 7.78. The third-order valence-electron chi connectivity index (χ3n) is 3.44. The fraction of sp³-hybridized carbons (Fsp3) is 0.500. The Morgan fingerprint density at radius 3 is 2.52 bits per heavy atom. The van der Waals surface area contributed by atoms with Gasteiger partial charge in [0.25, 0.3) is 0 Å². The van der Waals surface area contributed by atoms with Crippen molar-refractivity contribution in [1.82, 2.24) is 10.2 Å². The third-order valence-corrected chi connectivity index (χ3v) is 3.44. The maximum Gasteiger partial charge on any atom is 0.573 e. The van der Waals surface area contributed by atoms with Crippen LogP contribution in [0.5, 0.6) is 5.75 Å². The number of urea groups is 1. The molecule has 0 aliphatic carbocycles. The minimum atomic E-state index is -4.82. The number of rotatable bonds is 8. The number of nitrogens with zero attached hydrogens (tertiary/aromatic N) is 1. The molecule has 1 atom stereocenters. The number of unbranched alkanes of at least 4 members (excludes halogenated alkanes) is 1. The summed E-state index contributed by atoms with van der Waals surface area (Å²) in [5, 5.41) is 2.37. The summed E-state index contributed by atoms with van der Waals surface area (Å²) in [5.41, 5.74) is 5.28. The van der Waals surface area contributed by atoms with Crippen LogP contribution in [0, 0.1) is 0 Å². The highest BCUT2D eigenvalue weighted by Gasteiger charge is 2.32. The molecule has 3 N–H and O–H groups in total. The van der Waals surface area contributed by atoms with Crippen molar-refractivity contribution in [2.75, 3.05) is 7.05 Å². The van der Waals surface area contributed by atoms with Crippen molar-refractivity contribution in [2.45, 2.75) is 45.1 Å². The molecular formula is C16H22F3N3O3. The zero-order chi connectivity index (χ0) is 19.0. The molecule has 6 nitrogen and oxygen atoms in total. The van der Waals surface area contributed by atoms with Gasteiger partial charge in [-0.1, -0.05) is 38.0 Å². The number of hydrogen-bond acceptors (Lipinski definition) is 3. The summed E-state index contributed by atoms with van der Waals surface area (Å²) in [6.45, 7) is 1.83. The molecule has 0 saturated carbocycles. The average Bonchev–Trinajstić information content (AvgIpc) is 2.50. The minimum absolute atomic E-state index is 0.103. The molecule has 3 amide bonds. The Bertz CT molecular complexity index is 593. The first kappa shape index (κ1) is 20.6. The van der Waals surface area contributed by atoms with E-state index in [1.807, 2.05) is 6.92 Å². The number of hydrogen-bond donors (Lipinski definition) is 2. The van der Waals surface area contributed by atoms with Gasteiger partial charge in [-0.05, 0) is 12.5 Å². The summed E-state index contributed by atoms with van der Waals surface area (Å²) in [6, 6.07) is 3.92. The molecule has 0 saturated heterocycles. The van der Waals surface area contributed by atoms with Crippen LogP contribution in [0.15, 0.2) is 24.3 Å². The molecule has 9 heteroatoms. The largest absolute Gasteiger partial charge is 0.573 e. The number of halogens is 3. The van der Waals surface area contributed by atoms with Crippen LogP contribution in [0.2, 0.25) is 0 Å². The zero-order valence-electron chi connectivity index (χ0n) is 14.1. The van der Waals surface area contributed by atoms with Gasteiger partial charge in [0.05, 0.1) is 0 Å². The number of para-hydroxylation sites is 1. The van der Waals surface area contributed by atoms with Crippen molar-refractivity contribution < 1.29 is 27.5 Å². The molecule has 1 unspecified atom stereocenters. The Morgan fingerprint density at radius 2 is 1.96 bits per heavy atom. The Hall–Kier alpha value is -2.45. The van der Waals surface area contributed by atoms with E-state index in [4.69, 9.17) is 5.73 Å². The lowest BCUT2D eigenvalue weighted by molar-refractivity contribution is -0.275. The molecule has 0 aromatic heterocycles. The van der Waals surface area contributed by atoms with Crippen LogP contribution in [0.3, 0.4) is 0 Å². The Morgan fingerprint density at radius 1 is 1.32 bits per heavy atom. The van der Waals surface area contributed by atoms with Crippen LogP contribution in [-0.4, -0.2) is 36.3 Å². The van der Waals surface area contributed by atoms with Crippen LogP contribution < -0.4 is 15.8 Å². The molecule has 140 valence electrons. The number of likely N-dealkylation sites (N-methyl/N-ethyl adjacent to an activating group) is 1. The van der Waals surface area contributed by atoms with E-state index in [1.54, 1.807) is 6.07 Å². The second-order valence-electron chi connectivity index (χ2n) is 5.55. The van der Waals surface area contributed by atoms with Gasteiger partial charge in [-0.15, -0.1) is 13.2 Å². The second-order valence-corrected chi connectivity index (χ2v) is 5.55. The smallest absolute Gasteiger partial charge is 0.405 e. The topological polar surface area (TPSA) is 84.7 Å². The third kappa shape index (κ3) is 7.32. The fourth-order valence-corrected chi connectivity index (χ4v) is 2.30. The van der Waals surface area contributed by atoms with E-state index in [1.165, 1.54) is 30.1 Å². The first-order chi connectivity index (χ1) is 11.6. The second kappa shape index (κ2) is 9.14. The normalized spacial score (nSPS) is 12.4. The lowest BCUT2D eigenvalue weighted by atomic mass is 10.1. The molecule has 1 aromatic carbocycles. The molecule has 1 rings (SSSR count). The van der Waals surface area contributed by atoms with Gasteiger partial charge in [0.15, 0.2) is 0 Å². The van der Waals surface area contributed by atoms with Crippen molar-refractivity contribution in [3.05, 3.63) is 29.8 Å². The summed E-state index contributed by atoms with van der Waals surface area (Å²) in [7, 11) is 1.44. The van der Waals surface area contributed by atoms with Crippen LogP contribution in [0.25, 0.3) is 0 Å². The zero-order valence-corrected chi connectivity index (χ0v) is 14.1. The highest BCUT2D eigenvalue weighted by Crippen LogP contribution is 2.27. The number of nitrogens with two attached hydrogens (primary N) is 1. The minimum Gasteiger partial charge on any atom is -0.405 e. The number of carbonyl (C=O) groups excluding carboxylic acids is 2. The standard InChI is InChI=1S/C16H22F3N3O3/c1-3-4-8-12(21-15(20)24)14(23)22(2)10-11-7-5-6-9-13(11)25-16(17,18)19/h5-7,9,12H,3-4,8,10H2,1-2H3,(H3,20,21,24). The maximum absolute atomic E-state index is 12.5. The van der Waals surface area contributed by atoms with Gasteiger partial charge in [-0.3, -0.25) is 4.79 Å². The quantitative estimate of drug-likeness (QED) is 0.747. The Labute approximate surface area is 144 Å². The van der Waals surface area contributed by atoms with E-state index in [2.05, 4.69) is 10.1 Å². The van der Waals surface area contributed by atoms with Gasteiger partial charge < -0.3 is 20.7 Å². The van der Waals surface area contributed by atoms with E-state index in [9.17, 15) is 22.8 Å². The van der Waals surface area contributed by atoms with E-state index in [0.29, 0.717) is 12.8 Å². The average molecular weight is 361 g/mol. The summed E-state index contributed by atoms with van der Waals surface area (Å²) >= 11 is 0. The van der Waals surface area contributed by atoms with Gasteiger partial charge in [0.2, 0.25) is 5.91 Å². The van der Waals surface area contributed by atoms with Crippen molar-refractivity contribution >= 4 is 11.9 Å². The van der Waals surface area contributed by atoms with E-state index < -0.39 is 24.3 Å². The summed E-state index contributed by atoms with van der Waals surface area (Å²) in [4.78, 5) is 24.8. The van der Waals surface area contributed by atoms with Gasteiger partial charge in [-0.25, -0.2) is 4.79 Å². The molecule has 0 heterocycles. The fourth-order valence-electron chi connectivity index (χ4n) is 2.30. The number of amides is 3.